The van der Waals surface area contributed by atoms with Gasteiger partial charge < -0.3 is 5.73 Å². The van der Waals surface area contributed by atoms with Crippen LogP contribution in [0.1, 0.15) is 44.9 Å². The third kappa shape index (κ3) is 3.93. The molecule has 0 amide bonds. The van der Waals surface area contributed by atoms with Gasteiger partial charge >= 0.3 is 0 Å². The van der Waals surface area contributed by atoms with Gasteiger partial charge in [0.1, 0.15) is 5.84 Å². The van der Waals surface area contributed by atoms with Crippen LogP contribution in [0.4, 0.5) is 0 Å². The summed E-state index contributed by atoms with van der Waals surface area (Å²) in [6.07, 6.45) is 6.30. The fraction of sp³-hybridized carbons (Fsp3) is 0.900. The van der Waals surface area contributed by atoms with E-state index in [-0.39, 0.29) is 5.84 Å². The zero-order valence-electron chi connectivity index (χ0n) is 10.3. The Kier molecular flexibility index (Phi) is 4.91. The lowest BCUT2D eigenvalue weighted by molar-refractivity contribution is 0.366. The number of nitrogens with one attached hydrogen (secondary N) is 3. The summed E-state index contributed by atoms with van der Waals surface area (Å²) < 4.78 is 28.0. The van der Waals surface area contributed by atoms with E-state index in [0.717, 1.165) is 25.7 Å². The summed E-state index contributed by atoms with van der Waals surface area (Å²) in [4.78, 5) is 0. The van der Waals surface area contributed by atoms with Crippen LogP contribution in [0.3, 0.4) is 0 Å². The van der Waals surface area contributed by atoms with Crippen LogP contribution in [0.2, 0.25) is 0 Å². The molecule has 0 saturated heterocycles. The van der Waals surface area contributed by atoms with Crippen LogP contribution < -0.4 is 15.2 Å². The molecule has 1 aliphatic carbocycles. The van der Waals surface area contributed by atoms with E-state index >= 15 is 0 Å². The number of rotatable bonds is 4. The summed E-state index contributed by atoms with van der Waals surface area (Å²) in [6.45, 7) is 0. The maximum atomic E-state index is 11.6. The molecule has 7 heteroatoms. The molecule has 1 saturated carbocycles. The molecular formula is C10H22N4O2S. The Balaban J connectivity index is 2.90. The summed E-state index contributed by atoms with van der Waals surface area (Å²) in [5, 5.41) is 7.68. The first-order valence-corrected chi connectivity index (χ1v) is 7.47. The fourth-order valence-corrected chi connectivity index (χ4v) is 3.17. The van der Waals surface area contributed by atoms with E-state index in [0.29, 0.717) is 12.8 Å². The Morgan fingerprint density at radius 1 is 1.18 bits per heavy atom. The predicted octanol–water partition coefficient (Wildman–Crippen LogP) is 0.459. The monoisotopic (exact) mass is 262 g/mol. The highest BCUT2D eigenvalue weighted by Gasteiger charge is 2.37. The van der Waals surface area contributed by atoms with Crippen LogP contribution in [0.15, 0.2) is 0 Å². The summed E-state index contributed by atoms with van der Waals surface area (Å²) in [5.74, 6) is -0.0850. The molecule has 6 nitrogen and oxygen atoms in total. The van der Waals surface area contributed by atoms with Crippen molar-refractivity contribution < 1.29 is 8.42 Å². The summed E-state index contributed by atoms with van der Waals surface area (Å²) in [7, 11) is -2.23. The number of amidine groups is 1. The van der Waals surface area contributed by atoms with Crippen LogP contribution >= 0.6 is 0 Å². The van der Waals surface area contributed by atoms with E-state index in [1.807, 2.05) is 0 Å². The fourth-order valence-electron chi connectivity index (χ4n) is 2.24. The lowest BCUT2D eigenvalue weighted by atomic mass is 9.84. The van der Waals surface area contributed by atoms with Crippen LogP contribution in [0, 0.1) is 5.41 Å². The van der Waals surface area contributed by atoms with Gasteiger partial charge in [0.05, 0.1) is 5.54 Å². The highest BCUT2D eigenvalue weighted by Crippen LogP contribution is 2.26. The molecule has 0 aromatic heterocycles. The van der Waals surface area contributed by atoms with Gasteiger partial charge in [-0.3, -0.25) is 5.41 Å². The van der Waals surface area contributed by atoms with Gasteiger partial charge in [-0.2, -0.15) is 13.1 Å². The average molecular weight is 262 g/mol. The Morgan fingerprint density at radius 3 is 2.06 bits per heavy atom. The third-order valence-electron chi connectivity index (χ3n) is 3.32. The van der Waals surface area contributed by atoms with Crippen molar-refractivity contribution in [2.24, 2.45) is 5.73 Å². The Labute approximate surface area is 103 Å². The molecular weight excluding hydrogens is 240 g/mol. The second-order valence-corrected chi connectivity index (χ2v) is 6.19. The minimum Gasteiger partial charge on any atom is -0.386 e. The van der Waals surface area contributed by atoms with Crippen molar-refractivity contribution in [1.82, 2.24) is 9.44 Å². The van der Waals surface area contributed by atoms with Crippen molar-refractivity contribution in [3.05, 3.63) is 0 Å². The lowest BCUT2D eigenvalue weighted by Crippen LogP contribution is -2.59. The molecule has 0 radical (unpaired) electrons. The highest BCUT2D eigenvalue weighted by molar-refractivity contribution is 7.87. The number of nitrogens with two attached hydrogens (primary N) is 1. The van der Waals surface area contributed by atoms with Crippen molar-refractivity contribution in [2.75, 3.05) is 7.05 Å². The van der Waals surface area contributed by atoms with Crippen LogP contribution in [0.25, 0.3) is 0 Å². The minimum absolute atomic E-state index is 0.0850. The molecule has 0 heterocycles. The molecule has 17 heavy (non-hydrogen) atoms. The zero-order chi connectivity index (χ0) is 12.9. The van der Waals surface area contributed by atoms with Crippen molar-refractivity contribution in [2.45, 2.75) is 50.5 Å². The van der Waals surface area contributed by atoms with Crippen LogP contribution in [0.5, 0.6) is 0 Å². The predicted molar refractivity (Wildman–Crippen MR) is 68.1 cm³/mol. The normalized spacial score (nSPS) is 21.5. The van der Waals surface area contributed by atoms with Crippen LogP contribution in [-0.2, 0) is 10.2 Å². The first kappa shape index (κ1) is 14.4. The Bertz CT molecular complexity index is 359. The standard InChI is InChI=1S/C10H22N4O2S/c1-13-17(15,16)14-10(9(11)12)7-5-3-2-4-6-8-10/h13-14H,2-8H2,1H3,(H3,11,12). The molecule has 1 rings (SSSR count). The minimum atomic E-state index is -3.57. The maximum Gasteiger partial charge on any atom is 0.277 e. The van der Waals surface area contributed by atoms with Gasteiger partial charge in [0.25, 0.3) is 10.2 Å². The second-order valence-electron chi connectivity index (χ2n) is 4.57. The third-order valence-corrected chi connectivity index (χ3v) is 4.52. The molecule has 0 bridgehead atoms. The maximum absolute atomic E-state index is 11.6. The molecule has 0 aliphatic heterocycles. The molecule has 0 spiro atoms. The first-order chi connectivity index (χ1) is 7.92. The SMILES string of the molecule is CNS(=O)(=O)NC1(C(=N)N)CCCCCCC1. The van der Waals surface area contributed by atoms with Crippen LogP contribution in [-0.4, -0.2) is 26.8 Å². The molecule has 5 N–H and O–H groups in total. The van der Waals surface area contributed by atoms with Crippen molar-refractivity contribution >= 4 is 16.0 Å². The summed E-state index contributed by atoms with van der Waals surface area (Å²) in [6, 6.07) is 0. The number of hydrogen-bond donors (Lipinski definition) is 4. The quantitative estimate of drug-likeness (QED) is 0.436. The smallest absolute Gasteiger partial charge is 0.277 e. The van der Waals surface area contributed by atoms with Crippen molar-refractivity contribution in [1.29, 1.82) is 5.41 Å². The molecule has 0 unspecified atom stereocenters. The van der Waals surface area contributed by atoms with E-state index in [4.69, 9.17) is 11.1 Å². The van der Waals surface area contributed by atoms with Crippen molar-refractivity contribution in [3.8, 4) is 0 Å². The van der Waals surface area contributed by atoms with E-state index in [1.54, 1.807) is 0 Å². The summed E-state index contributed by atoms with van der Waals surface area (Å²) >= 11 is 0. The molecule has 100 valence electrons. The molecule has 0 aromatic carbocycles. The second kappa shape index (κ2) is 5.79. The Morgan fingerprint density at radius 2 is 1.65 bits per heavy atom. The van der Waals surface area contributed by atoms with Gasteiger partial charge in [-0.1, -0.05) is 32.1 Å². The lowest BCUT2D eigenvalue weighted by Gasteiger charge is -2.34. The first-order valence-electron chi connectivity index (χ1n) is 5.99. The van der Waals surface area contributed by atoms with E-state index < -0.39 is 15.7 Å². The highest BCUT2D eigenvalue weighted by atomic mass is 32.2. The summed E-state index contributed by atoms with van der Waals surface area (Å²) in [5.41, 5.74) is 4.71. The number of hydrogen-bond acceptors (Lipinski definition) is 3. The van der Waals surface area contributed by atoms with Gasteiger partial charge in [0.2, 0.25) is 0 Å². The zero-order valence-corrected chi connectivity index (χ0v) is 11.1. The largest absolute Gasteiger partial charge is 0.386 e. The Hall–Kier alpha value is -0.660. The molecule has 1 aliphatic rings. The van der Waals surface area contributed by atoms with Gasteiger partial charge in [-0.05, 0) is 12.8 Å². The average Bonchev–Trinajstić information content (AvgIpc) is 2.22. The van der Waals surface area contributed by atoms with Crippen molar-refractivity contribution in [3.63, 3.8) is 0 Å². The van der Waals surface area contributed by atoms with Gasteiger partial charge in [-0.25, -0.2) is 4.72 Å². The van der Waals surface area contributed by atoms with Gasteiger partial charge in [0.15, 0.2) is 0 Å². The molecule has 0 atom stereocenters. The van der Waals surface area contributed by atoms with E-state index in [1.165, 1.54) is 13.5 Å². The molecule has 0 aromatic rings. The van der Waals surface area contributed by atoms with Gasteiger partial charge in [0, 0.05) is 7.05 Å². The van der Waals surface area contributed by atoms with Gasteiger partial charge in [-0.15, -0.1) is 0 Å². The topological polar surface area (TPSA) is 108 Å². The van der Waals surface area contributed by atoms with E-state index in [2.05, 4.69) is 9.44 Å². The molecule has 1 fully saturated rings. The van der Waals surface area contributed by atoms with E-state index in [9.17, 15) is 8.42 Å².